The molecule has 2 aromatic carbocycles. The number of anilines is 1. The number of hydrogen-bond acceptors (Lipinski definition) is 4. The maximum Gasteiger partial charge on any atom is 0.354 e. The zero-order chi connectivity index (χ0) is 19.3. The van der Waals surface area contributed by atoms with Crippen molar-refractivity contribution in [2.75, 3.05) is 18.1 Å². The van der Waals surface area contributed by atoms with Gasteiger partial charge in [-0.3, -0.25) is 4.57 Å². The number of nitrogens with one attached hydrogen (secondary N) is 1. The Kier molecular flexibility index (Phi) is 4.60. The molecule has 2 aliphatic rings. The zero-order valence-electron chi connectivity index (χ0n) is 15.7. The summed E-state index contributed by atoms with van der Waals surface area (Å²) in [6.45, 7) is 0.872. The molecule has 1 N–H and O–H groups in total. The molecular formula is C22H22ClN3OS. The Morgan fingerprint density at radius 1 is 1.21 bits per heavy atom. The van der Waals surface area contributed by atoms with Crippen LogP contribution in [0.25, 0.3) is 16.6 Å². The maximum absolute atomic E-state index is 13.1. The summed E-state index contributed by atoms with van der Waals surface area (Å²) in [6, 6.07) is 11.8. The van der Waals surface area contributed by atoms with E-state index in [0.717, 1.165) is 17.4 Å². The minimum atomic E-state index is -0.294. The molecule has 5 rings (SSSR count). The molecule has 0 aliphatic heterocycles. The molecule has 2 saturated carbocycles. The largest absolute Gasteiger partial charge is 0.369 e. The van der Waals surface area contributed by atoms with Crippen LogP contribution in [0.2, 0.25) is 5.02 Å². The monoisotopic (exact) mass is 411 g/mol. The minimum absolute atomic E-state index is 0.294. The van der Waals surface area contributed by atoms with Gasteiger partial charge in [0.15, 0.2) is 0 Å². The van der Waals surface area contributed by atoms with Gasteiger partial charge < -0.3 is 5.32 Å². The van der Waals surface area contributed by atoms with Gasteiger partial charge in [-0.05, 0) is 73.6 Å². The van der Waals surface area contributed by atoms with Crippen LogP contribution in [0, 0.1) is 5.92 Å². The normalized spacial score (nSPS) is 16.5. The molecule has 0 spiro atoms. The zero-order valence-corrected chi connectivity index (χ0v) is 17.3. The second-order valence-corrected chi connectivity index (χ2v) is 8.99. The molecule has 0 radical (unpaired) electrons. The van der Waals surface area contributed by atoms with Crippen molar-refractivity contribution in [3.8, 4) is 5.69 Å². The van der Waals surface area contributed by atoms with Crippen LogP contribution >= 0.6 is 23.4 Å². The van der Waals surface area contributed by atoms with Gasteiger partial charge in [0, 0.05) is 16.8 Å². The van der Waals surface area contributed by atoms with Gasteiger partial charge in [0.25, 0.3) is 0 Å². The Morgan fingerprint density at radius 2 is 2.00 bits per heavy atom. The quantitative estimate of drug-likeness (QED) is 0.547. The first-order chi connectivity index (χ1) is 13.7. The van der Waals surface area contributed by atoms with Gasteiger partial charge in [0.2, 0.25) is 0 Å². The number of rotatable bonds is 6. The Bertz CT molecular complexity index is 1120. The molecule has 4 nitrogen and oxygen atoms in total. The van der Waals surface area contributed by atoms with E-state index >= 15 is 0 Å². The van der Waals surface area contributed by atoms with Crippen LogP contribution in [0.3, 0.4) is 0 Å². The van der Waals surface area contributed by atoms with Gasteiger partial charge in [-0.15, -0.1) is 11.8 Å². The molecule has 6 heteroatoms. The fourth-order valence-corrected chi connectivity index (χ4v) is 4.64. The lowest BCUT2D eigenvalue weighted by Gasteiger charge is -2.17. The fourth-order valence-electron chi connectivity index (χ4n) is 3.72. The fraction of sp³-hybridized carbons (Fsp3) is 0.364. The van der Waals surface area contributed by atoms with Gasteiger partial charge in [-0.1, -0.05) is 23.7 Å². The van der Waals surface area contributed by atoms with Crippen molar-refractivity contribution < 1.29 is 0 Å². The number of thioether (sulfide) groups is 1. The summed E-state index contributed by atoms with van der Waals surface area (Å²) in [5.41, 5.74) is 2.60. The maximum atomic E-state index is 13.1. The Balaban J connectivity index is 1.77. The van der Waals surface area contributed by atoms with Crippen LogP contribution in [0.15, 0.2) is 46.1 Å². The van der Waals surface area contributed by atoms with Gasteiger partial charge in [-0.2, -0.15) is 4.98 Å². The summed E-state index contributed by atoms with van der Waals surface area (Å²) in [4.78, 5) is 18.8. The summed E-state index contributed by atoms with van der Waals surface area (Å²) in [5, 5.41) is 4.96. The number of aromatic nitrogens is 2. The summed E-state index contributed by atoms with van der Waals surface area (Å²) in [6.07, 6.45) is 7.05. The lowest BCUT2D eigenvalue weighted by molar-refractivity contribution is 0.874. The molecule has 0 atom stereocenters. The van der Waals surface area contributed by atoms with E-state index in [1.54, 1.807) is 16.3 Å². The van der Waals surface area contributed by atoms with Crippen molar-refractivity contribution in [3.63, 3.8) is 0 Å². The molecule has 0 bridgehead atoms. The average Bonchev–Trinajstić information content (AvgIpc) is 3.60. The molecule has 0 unspecified atom stereocenters. The highest BCUT2D eigenvalue weighted by Crippen LogP contribution is 2.45. The second-order valence-electron chi connectivity index (χ2n) is 7.74. The minimum Gasteiger partial charge on any atom is -0.369 e. The molecule has 28 heavy (non-hydrogen) atoms. The molecule has 2 aliphatic carbocycles. The van der Waals surface area contributed by atoms with E-state index in [1.807, 2.05) is 24.3 Å². The average molecular weight is 412 g/mol. The first kappa shape index (κ1) is 18.1. The summed E-state index contributed by atoms with van der Waals surface area (Å²) < 4.78 is 1.66. The highest BCUT2D eigenvalue weighted by atomic mass is 35.5. The molecule has 3 aromatic rings. The lowest BCUT2D eigenvalue weighted by Crippen LogP contribution is -2.24. The predicted octanol–water partition coefficient (Wildman–Crippen LogP) is 5.46. The van der Waals surface area contributed by atoms with Crippen molar-refractivity contribution >= 4 is 40.1 Å². The van der Waals surface area contributed by atoms with Crippen LogP contribution in [0.4, 0.5) is 5.82 Å². The number of benzene rings is 2. The van der Waals surface area contributed by atoms with Crippen LogP contribution in [0.1, 0.15) is 37.2 Å². The first-order valence-electron chi connectivity index (χ1n) is 9.79. The third kappa shape index (κ3) is 3.31. The van der Waals surface area contributed by atoms with E-state index in [0.29, 0.717) is 28.4 Å². The SMILES string of the molecule is CSc1cc2c(NCC3CC3)nc(=O)n(-c3ccccc3Cl)c2cc1C1CC1. The highest BCUT2D eigenvalue weighted by Gasteiger charge is 2.28. The topological polar surface area (TPSA) is 46.9 Å². The first-order valence-corrected chi connectivity index (χ1v) is 11.4. The predicted molar refractivity (Wildman–Crippen MR) is 117 cm³/mol. The molecule has 1 heterocycles. The molecule has 2 fully saturated rings. The van der Waals surface area contributed by atoms with Crippen LogP contribution in [-0.2, 0) is 0 Å². The van der Waals surface area contributed by atoms with E-state index in [4.69, 9.17) is 11.6 Å². The number of fused-ring (bicyclic) bond motifs is 1. The number of hydrogen-bond donors (Lipinski definition) is 1. The van der Waals surface area contributed by atoms with Gasteiger partial charge >= 0.3 is 5.69 Å². The van der Waals surface area contributed by atoms with E-state index in [2.05, 4.69) is 28.7 Å². The lowest BCUT2D eigenvalue weighted by atomic mass is 10.1. The molecule has 0 saturated heterocycles. The van der Waals surface area contributed by atoms with Crippen molar-refractivity contribution in [2.24, 2.45) is 5.92 Å². The Morgan fingerprint density at radius 3 is 2.68 bits per heavy atom. The molecule has 1 aromatic heterocycles. The van der Waals surface area contributed by atoms with Gasteiger partial charge in [0.1, 0.15) is 5.82 Å². The third-order valence-corrected chi connectivity index (χ3v) is 6.72. The van der Waals surface area contributed by atoms with Crippen LogP contribution in [-0.4, -0.2) is 22.4 Å². The summed E-state index contributed by atoms with van der Waals surface area (Å²) in [5.74, 6) is 1.99. The van der Waals surface area contributed by atoms with Gasteiger partial charge in [0.05, 0.1) is 16.2 Å². The Hall–Kier alpha value is -1.98. The van der Waals surface area contributed by atoms with E-state index in [-0.39, 0.29) is 5.69 Å². The smallest absolute Gasteiger partial charge is 0.354 e. The van der Waals surface area contributed by atoms with E-state index in [1.165, 1.54) is 36.1 Å². The summed E-state index contributed by atoms with van der Waals surface area (Å²) >= 11 is 8.21. The highest BCUT2D eigenvalue weighted by molar-refractivity contribution is 7.98. The second kappa shape index (κ2) is 7.12. The number of nitrogens with zero attached hydrogens (tertiary/aromatic N) is 2. The van der Waals surface area contributed by atoms with Crippen molar-refractivity contribution in [2.45, 2.75) is 36.5 Å². The van der Waals surface area contributed by atoms with Crippen LogP contribution in [0.5, 0.6) is 0 Å². The van der Waals surface area contributed by atoms with E-state index in [9.17, 15) is 4.79 Å². The summed E-state index contributed by atoms with van der Waals surface area (Å²) in [7, 11) is 0. The van der Waals surface area contributed by atoms with Gasteiger partial charge in [-0.25, -0.2) is 4.79 Å². The molecular weight excluding hydrogens is 390 g/mol. The Labute approximate surface area is 173 Å². The van der Waals surface area contributed by atoms with E-state index < -0.39 is 0 Å². The standard InChI is InChI=1S/C22H22ClN3OS/c1-28-20-11-16-19(10-15(20)14-8-9-14)26(18-5-3-2-4-17(18)23)22(27)25-21(16)24-12-13-6-7-13/h2-5,10-11,13-14H,6-9,12H2,1H3,(H,24,25,27). The van der Waals surface area contributed by atoms with Crippen molar-refractivity contribution in [3.05, 3.63) is 57.5 Å². The van der Waals surface area contributed by atoms with Crippen LogP contribution < -0.4 is 11.0 Å². The number of halogens is 1. The van der Waals surface area contributed by atoms with Crippen molar-refractivity contribution in [1.82, 2.24) is 9.55 Å². The third-order valence-electron chi connectivity index (χ3n) is 5.61. The van der Waals surface area contributed by atoms with Crippen molar-refractivity contribution in [1.29, 1.82) is 0 Å². The molecule has 0 amide bonds. The molecule has 144 valence electrons. The number of para-hydroxylation sites is 1.